The highest BCUT2D eigenvalue weighted by atomic mass is 79.9. The molecule has 1 atom stereocenters. The molecule has 0 bridgehead atoms. The van der Waals surface area contributed by atoms with Crippen LogP contribution < -0.4 is 5.32 Å². The lowest BCUT2D eigenvalue weighted by Gasteiger charge is -2.16. The number of benzene rings is 1. The first-order valence-corrected chi connectivity index (χ1v) is 6.74. The number of likely N-dealkylation sites (N-methyl/N-ethyl adjacent to an activating group) is 1. The zero-order valence-electron chi connectivity index (χ0n) is 10.0. The molecule has 1 unspecified atom stereocenters. The van der Waals surface area contributed by atoms with Crippen molar-refractivity contribution in [2.45, 2.75) is 12.5 Å². The highest BCUT2D eigenvalue weighted by Gasteiger charge is 2.21. The maximum absolute atomic E-state index is 13.9. The Hall–Kier alpha value is -0.910. The lowest BCUT2D eigenvalue weighted by Crippen LogP contribution is -2.20. The molecule has 0 aliphatic carbocycles. The van der Waals surface area contributed by atoms with Crippen molar-refractivity contribution in [2.24, 2.45) is 0 Å². The summed E-state index contributed by atoms with van der Waals surface area (Å²) in [5, 5.41) is 3.19. The average Bonchev–Trinajstić information content (AvgIpc) is 2.81. The zero-order chi connectivity index (χ0) is 14.0. The molecule has 0 saturated carbocycles. The Kier molecular flexibility index (Phi) is 4.60. The Morgan fingerprint density at radius 2 is 2.11 bits per heavy atom. The molecule has 1 heterocycles. The van der Waals surface area contributed by atoms with Gasteiger partial charge in [0.1, 0.15) is 11.6 Å². The first-order chi connectivity index (χ1) is 9.04. The van der Waals surface area contributed by atoms with E-state index in [1.165, 1.54) is 18.4 Å². The third-order valence-electron chi connectivity index (χ3n) is 2.92. The van der Waals surface area contributed by atoms with Gasteiger partial charge in [-0.3, -0.25) is 0 Å². The van der Waals surface area contributed by atoms with Crippen molar-refractivity contribution >= 4 is 27.5 Å². The predicted octanol–water partition coefficient (Wildman–Crippen LogP) is 4.48. The highest BCUT2D eigenvalue weighted by molar-refractivity contribution is 9.10. The van der Waals surface area contributed by atoms with Crippen LogP contribution in [0.5, 0.6) is 0 Å². The van der Waals surface area contributed by atoms with Gasteiger partial charge in [0.2, 0.25) is 0 Å². The molecule has 19 heavy (non-hydrogen) atoms. The van der Waals surface area contributed by atoms with Gasteiger partial charge in [0.15, 0.2) is 5.22 Å². The monoisotopic (exact) mass is 349 g/mol. The second-order valence-corrected chi connectivity index (χ2v) is 5.21. The van der Waals surface area contributed by atoms with Gasteiger partial charge in [-0.25, -0.2) is 8.78 Å². The fourth-order valence-electron chi connectivity index (χ4n) is 1.88. The summed E-state index contributed by atoms with van der Waals surface area (Å²) >= 11 is 8.94. The van der Waals surface area contributed by atoms with E-state index in [-0.39, 0.29) is 27.7 Å². The van der Waals surface area contributed by atoms with Crippen molar-refractivity contribution in [1.82, 2.24) is 5.32 Å². The number of nitrogens with one attached hydrogen (secondary N) is 1. The quantitative estimate of drug-likeness (QED) is 0.823. The van der Waals surface area contributed by atoms with Gasteiger partial charge in [-0.2, -0.15) is 0 Å². The molecule has 1 aromatic carbocycles. The van der Waals surface area contributed by atoms with Crippen molar-refractivity contribution < 1.29 is 13.2 Å². The molecule has 0 amide bonds. The Morgan fingerprint density at radius 1 is 1.37 bits per heavy atom. The van der Waals surface area contributed by atoms with E-state index in [0.29, 0.717) is 5.56 Å². The van der Waals surface area contributed by atoms with Crippen LogP contribution in [0.15, 0.2) is 33.4 Å². The predicted molar refractivity (Wildman–Crippen MR) is 73.3 cm³/mol. The molecule has 2 rings (SSSR count). The maximum atomic E-state index is 13.9. The zero-order valence-corrected chi connectivity index (χ0v) is 12.4. The second kappa shape index (κ2) is 6.03. The normalized spacial score (nSPS) is 12.7. The largest absolute Gasteiger partial charge is 0.453 e. The Morgan fingerprint density at radius 3 is 2.68 bits per heavy atom. The van der Waals surface area contributed by atoms with Gasteiger partial charge in [0.05, 0.1) is 10.7 Å². The van der Waals surface area contributed by atoms with Gasteiger partial charge in [-0.1, -0.05) is 0 Å². The molecule has 2 aromatic rings. The highest BCUT2D eigenvalue weighted by Crippen LogP contribution is 2.30. The Labute approximate surface area is 122 Å². The fourth-order valence-corrected chi connectivity index (χ4v) is 2.50. The van der Waals surface area contributed by atoms with Crippen LogP contribution >= 0.6 is 27.5 Å². The summed E-state index contributed by atoms with van der Waals surface area (Å²) < 4.78 is 32.9. The summed E-state index contributed by atoms with van der Waals surface area (Å²) in [5.41, 5.74) is 0.675. The van der Waals surface area contributed by atoms with Crippen LogP contribution in [0.1, 0.15) is 17.2 Å². The fraction of sp³-hybridized carbons (Fsp3) is 0.231. The van der Waals surface area contributed by atoms with Crippen molar-refractivity contribution in [3.63, 3.8) is 0 Å². The summed E-state index contributed by atoms with van der Waals surface area (Å²) in [6.45, 7) is 0. The minimum Gasteiger partial charge on any atom is -0.453 e. The van der Waals surface area contributed by atoms with Crippen LogP contribution in [0.25, 0.3) is 0 Å². The van der Waals surface area contributed by atoms with Crippen LogP contribution in [0, 0.1) is 11.6 Å². The molecule has 1 aromatic heterocycles. The smallest absolute Gasteiger partial charge is 0.197 e. The molecule has 102 valence electrons. The van der Waals surface area contributed by atoms with Crippen molar-refractivity contribution in [1.29, 1.82) is 0 Å². The van der Waals surface area contributed by atoms with E-state index in [9.17, 15) is 8.78 Å². The number of rotatable bonds is 4. The molecule has 2 nitrogen and oxygen atoms in total. The third kappa shape index (κ3) is 2.99. The van der Waals surface area contributed by atoms with Crippen LogP contribution in [-0.4, -0.2) is 7.05 Å². The van der Waals surface area contributed by atoms with Gasteiger partial charge in [0, 0.05) is 17.2 Å². The van der Waals surface area contributed by atoms with Gasteiger partial charge < -0.3 is 9.73 Å². The van der Waals surface area contributed by atoms with Crippen molar-refractivity contribution in [3.8, 4) is 0 Å². The van der Waals surface area contributed by atoms with Gasteiger partial charge in [-0.05, 0) is 59.2 Å². The number of furan rings is 1. The second-order valence-electron chi connectivity index (χ2n) is 4.02. The van der Waals surface area contributed by atoms with Gasteiger partial charge in [0.25, 0.3) is 0 Å². The Bertz CT molecular complexity index is 588. The average molecular weight is 351 g/mol. The summed E-state index contributed by atoms with van der Waals surface area (Å²) in [6.07, 6.45) is 1.57. The third-order valence-corrected chi connectivity index (χ3v) is 3.84. The molecule has 0 aliphatic heterocycles. The van der Waals surface area contributed by atoms with Crippen LogP contribution in [0.2, 0.25) is 5.22 Å². The molecule has 1 N–H and O–H groups in total. The van der Waals surface area contributed by atoms with Crippen LogP contribution in [0.3, 0.4) is 0 Å². The lowest BCUT2D eigenvalue weighted by atomic mass is 10.0. The molecular weight excluding hydrogens is 340 g/mol. The van der Waals surface area contributed by atoms with Crippen LogP contribution in [0.4, 0.5) is 8.78 Å². The first kappa shape index (κ1) is 14.5. The van der Waals surface area contributed by atoms with E-state index in [0.717, 1.165) is 0 Å². The van der Waals surface area contributed by atoms with E-state index in [1.54, 1.807) is 13.1 Å². The SMILES string of the molecule is CNC(Cc1c(F)ccc(Br)c1F)c1ccoc1Cl. The summed E-state index contributed by atoms with van der Waals surface area (Å²) in [4.78, 5) is 0. The van der Waals surface area contributed by atoms with Crippen LogP contribution in [-0.2, 0) is 6.42 Å². The van der Waals surface area contributed by atoms with Crippen molar-refractivity contribution in [2.75, 3.05) is 7.05 Å². The minimum absolute atomic E-state index is 0.00555. The summed E-state index contributed by atoms with van der Waals surface area (Å²) in [5.74, 6) is -1.18. The summed E-state index contributed by atoms with van der Waals surface area (Å²) in [7, 11) is 1.70. The molecule has 0 spiro atoms. The topological polar surface area (TPSA) is 25.2 Å². The van der Waals surface area contributed by atoms with E-state index >= 15 is 0 Å². The Balaban J connectivity index is 2.34. The van der Waals surface area contributed by atoms with E-state index in [4.69, 9.17) is 16.0 Å². The molecular formula is C13H11BrClF2NO. The molecule has 0 aliphatic rings. The number of halogens is 4. The summed E-state index contributed by atoms with van der Waals surface area (Å²) in [6, 6.07) is 3.92. The standard InChI is InChI=1S/C13H11BrClF2NO/c1-18-11(7-4-5-19-13(7)15)6-8-10(16)3-2-9(14)12(8)17/h2-5,11,18H,6H2,1H3. The van der Waals surface area contributed by atoms with E-state index in [1.807, 2.05) is 0 Å². The maximum Gasteiger partial charge on any atom is 0.197 e. The van der Waals surface area contributed by atoms with E-state index in [2.05, 4.69) is 21.2 Å². The minimum atomic E-state index is -0.597. The lowest BCUT2D eigenvalue weighted by molar-refractivity contribution is 0.505. The number of hydrogen-bond donors (Lipinski definition) is 1. The first-order valence-electron chi connectivity index (χ1n) is 5.57. The molecule has 0 radical (unpaired) electrons. The van der Waals surface area contributed by atoms with E-state index < -0.39 is 11.6 Å². The number of hydrogen-bond acceptors (Lipinski definition) is 2. The van der Waals surface area contributed by atoms with Gasteiger partial charge >= 0.3 is 0 Å². The van der Waals surface area contributed by atoms with Gasteiger partial charge in [-0.15, -0.1) is 0 Å². The van der Waals surface area contributed by atoms with Crippen molar-refractivity contribution in [3.05, 3.63) is 56.9 Å². The molecule has 0 saturated heterocycles. The molecule has 6 heteroatoms. The molecule has 0 fully saturated rings.